The number of imidazole rings is 2. The fourth-order valence-corrected chi connectivity index (χ4v) is 10.5. The maximum atomic E-state index is 14.9. The molecule has 2 aliphatic heterocycles. The summed E-state index contributed by atoms with van der Waals surface area (Å²) in [6.07, 6.45) is 16.3. The van der Waals surface area contributed by atoms with Crippen LogP contribution in [-0.2, 0) is 13.2 Å². The molecule has 0 spiro atoms. The van der Waals surface area contributed by atoms with Crippen LogP contribution in [0.4, 0.5) is 21.6 Å². The Kier molecular flexibility index (Phi) is 9.68. The Balaban J connectivity index is 0.949. The van der Waals surface area contributed by atoms with E-state index in [0.717, 1.165) is 91.8 Å². The number of thiophene rings is 1. The summed E-state index contributed by atoms with van der Waals surface area (Å²) in [6.45, 7) is 7.21. The molecule has 296 valence electrons. The van der Waals surface area contributed by atoms with Gasteiger partial charge in [0.05, 0.1) is 69.6 Å². The Labute approximate surface area is 344 Å². The zero-order valence-electron chi connectivity index (χ0n) is 31.8. The molecule has 1 atom stereocenters. The highest BCUT2D eigenvalue weighted by Gasteiger charge is 2.33. The number of aliphatic hydroxyl groups is 1. The van der Waals surface area contributed by atoms with E-state index >= 15 is 0 Å². The van der Waals surface area contributed by atoms with Crippen molar-refractivity contribution in [2.75, 3.05) is 30.3 Å². The topological polar surface area (TPSA) is 183 Å². The van der Waals surface area contributed by atoms with E-state index in [1.165, 1.54) is 35.7 Å². The molecule has 4 N–H and O–H groups in total. The van der Waals surface area contributed by atoms with Crippen LogP contribution in [0.25, 0.3) is 33.3 Å². The summed E-state index contributed by atoms with van der Waals surface area (Å²) < 4.78 is 8.30. The summed E-state index contributed by atoms with van der Waals surface area (Å²) in [5.74, 6) is 1.27. The first-order valence-corrected chi connectivity index (χ1v) is 21.8. The number of aryl methyl sites for hydroxylation is 2. The molecule has 10 heterocycles. The van der Waals surface area contributed by atoms with Gasteiger partial charge < -0.3 is 20.6 Å². The number of carbonyl (C=O) groups excluding carboxylic acids is 1. The number of anilines is 4. The molecule has 0 radical (unpaired) electrons. The molecule has 0 aromatic carbocycles. The smallest absolute Gasteiger partial charge is 0.264 e. The molecular formula is C39H40N14O2S3. The van der Waals surface area contributed by atoms with Gasteiger partial charge in [-0.1, -0.05) is 0 Å². The van der Waals surface area contributed by atoms with Crippen molar-refractivity contribution < 1.29 is 9.90 Å². The summed E-state index contributed by atoms with van der Waals surface area (Å²) in [6, 6.07) is 3.78. The van der Waals surface area contributed by atoms with Gasteiger partial charge in [0.2, 0.25) is 0 Å². The number of aromatic amines is 1. The minimum atomic E-state index is -0.152. The van der Waals surface area contributed by atoms with Gasteiger partial charge in [-0.3, -0.25) is 23.6 Å². The Morgan fingerprint density at radius 1 is 0.897 bits per heavy atom. The van der Waals surface area contributed by atoms with Gasteiger partial charge in [0.1, 0.15) is 15.7 Å². The number of aliphatic hydroxyl groups excluding tert-OH is 1. The van der Waals surface area contributed by atoms with Crippen molar-refractivity contribution in [2.45, 2.75) is 65.1 Å². The van der Waals surface area contributed by atoms with Crippen molar-refractivity contribution >= 4 is 73.0 Å². The third-order valence-electron chi connectivity index (χ3n) is 10.7. The van der Waals surface area contributed by atoms with E-state index < -0.39 is 0 Å². The lowest BCUT2D eigenvalue weighted by Gasteiger charge is -2.35. The zero-order valence-corrected chi connectivity index (χ0v) is 34.3. The number of rotatable bonds is 11. The van der Waals surface area contributed by atoms with Crippen LogP contribution >= 0.6 is 34.2 Å². The summed E-state index contributed by atoms with van der Waals surface area (Å²) >= 11 is 4.31. The van der Waals surface area contributed by atoms with Crippen LogP contribution < -0.4 is 10.6 Å². The molecule has 0 bridgehead atoms. The van der Waals surface area contributed by atoms with Crippen LogP contribution in [0.2, 0.25) is 0 Å². The van der Waals surface area contributed by atoms with E-state index in [9.17, 15) is 9.90 Å². The van der Waals surface area contributed by atoms with Crippen molar-refractivity contribution in [3.63, 3.8) is 0 Å². The van der Waals surface area contributed by atoms with E-state index in [4.69, 9.17) is 24.9 Å². The molecule has 19 heteroatoms. The normalized spacial score (nSPS) is 16.3. The first kappa shape index (κ1) is 36.7. The van der Waals surface area contributed by atoms with Gasteiger partial charge in [-0.2, -0.15) is 9.47 Å². The molecule has 16 nitrogen and oxygen atoms in total. The number of hydrogen-bond acceptors (Lipinski definition) is 15. The van der Waals surface area contributed by atoms with Gasteiger partial charge in [0, 0.05) is 42.6 Å². The summed E-state index contributed by atoms with van der Waals surface area (Å²) in [5, 5.41) is 27.9. The number of carbonyl (C=O) groups is 1. The van der Waals surface area contributed by atoms with Gasteiger partial charge in [-0.15, -0.1) is 22.7 Å². The number of fused-ring (bicyclic) bond motifs is 2. The molecule has 0 aliphatic carbocycles. The highest BCUT2D eigenvalue weighted by Crippen LogP contribution is 2.39. The van der Waals surface area contributed by atoms with Gasteiger partial charge >= 0.3 is 0 Å². The van der Waals surface area contributed by atoms with Gasteiger partial charge in [-0.05, 0) is 88.3 Å². The number of hydrogen-bond donors (Lipinski definition) is 4. The minimum Gasteiger partial charge on any atom is -0.390 e. The molecule has 1 unspecified atom stereocenters. The third kappa shape index (κ3) is 6.91. The Morgan fingerprint density at radius 2 is 1.62 bits per heavy atom. The number of thiazole rings is 1. The number of nitrogens with zero attached hydrogens (tertiary/aromatic N) is 11. The van der Waals surface area contributed by atoms with Gasteiger partial charge in [-0.25, -0.2) is 24.9 Å². The zero-order chi connectivity index (χ0) is 39.3. The van der Waals surface area contributed by atoms with E-state index in [1.807, 2.05) is 58.5 Å². The molecule has 58 heavy (non-hydrogen) atoms. The quantitative estimate of drug-likeness (QED) is 0.102. The van der Waals surface area contributed by atoms with E-state index in [1.54, 1.807) is 23.6 Å². The Bertz CT molecular complexity index is 2760. The van der Waals surface area contributed by atoms with Crippen molar-refractivity contribution in [1.82, 2.24) is 58.1 Å². The number of likely N-dealkylation sites (tertiary alicyclic amines) is 2. The largest absolute Gasteiger partial charge is 0.390 e. The SMILES string of the molecule is Cc1cn2c(-c3cn[nH]c3)cnc2c(Nc2cc(CN3CCCC3)c(C(=O)N3CCCCC3c3csc(-c4cnc5c(Nc6cc(CO)ns6)nc(C)cn45)n3)s2)n1. The summed E-state index contributed by atoms with van der Waals surface area (Å²) in [5.41, 5.74) is 8.21. The monoisotopic (exact) mass is 832 g/mol. The highest BCUT2D eigenvalue weighted by atomic mass is 32.1. The first-order chi connectivity index (χ1) is 28.4. The van der Waals surface area contributed by atoms with Crippen LogP contribution in [0.1, 0.15) is 76.2 Å². The lowest BCUT2D eigenvalue weighted by molar-refractivity contribution is 0.0610. The lowest BCUT2D eigenvalue weighted by Crippen LogP contribution is -2.38. The lowest BCUT2D eigenvalue weighted by atomic mass is 9.99. The van der Waals surface area contributed by atoms with E-state index in [-0.39, 0.29) is 18.6 Å². The fourth-order valence-electron chi connectivity index (χ4n) is 7.97. The van der Waals surface area contributed by atoms with E-state index in [0.29, 0.717) is 41.7 Å². The second-order valence-electron chi connectivity index (χ2n) is 14.7. The molecular weight excluding hydrogens is 793 g/mol. The molecule has 8 aromatic rings. The van der Waals surface area contributed by atoms with Crippen molar-refractivity contribution in [3.8, 4) is 22.0 Å². The van der Waals surface area contributed by atoms with E-state index in [2.05, 4.69) is 41.6 Å². The minimum absolute atomic E-state index is 0.0385. The van der Waals surface area contributed by atoms with Crippen LogP contribution in [0.3, 0.4) is 0 Å². The van der Waals surface area contributed by atoms with Crippen LogP contribution in [0, 0.1) is 13.8 Å². The van der Waals surface area contributed by atoms with Crippen molar-refractivity contribution in [3.05, 3.63) is 87.9 Å². The molecule has 0 saturated carbocycles. The Hall–Kier alpha value is -5.60. The number of amides is 1. The standard InChI is InChI=1S/C39H40N14O2S3/c1-22-17-52-29(25-13-42-43-14-25)15-40-36(52)34(44-22)47-31-11-24(19-50-8-5-6-9-50)33(57-31)39(55)51-10-4-3-7-28(51)27-21-56-38(46-27)30-16-41-37-35(45-23(2)18-53(30)37)48-32-12-26(20-54)49-58-32/h11-18,21,28,54H,3-10,19-20H2,1-2H3,(H,42,43)(H,44,47)(H,45,48). The van der Waals surface area contributed by atoms with Crippen molar-refractivity contribution in [2.24, 2.45) is 0 Å². The highest BCUT2D eigenvalue weighted by molar-refractivity contribution is 7.18. The van der Waals surface area contributed by atoms with Gasteiger partial charge in [0.15, 0.2) is 22.9 Å². The Morgan fingerprint density at radius 3 is 2.34 bits per heavy atom. The number of nitrogens with one attached hydrogen (secondary N) is 3. The average Bonchev–Trinajstić information content (AvgIpc) is 4.07. The molecule has 2 fully saturated rings. The van der Waals surface area contributed by atoms with Crippen LogP contribution in [0.15, 0.2) is 54.7 Å². The number of piperidine rings is 1. The average molecular weight is 833 g/mol. The second-order valence-corrected chi connectivity index (χ2v) is 17.5. The number of aromatic nitrogens is 10. The molecule has 8 aromatic heterocycles. The first-order valence-electron chi connectivity index (χ1n) is 19.3. The molecule has 10 rings (SSSR count). The predicted octanol–water partition coefficient (Wildman–Crippen LogP) is 7.36. The molecule has 2 saturated heterocycles. The summed E-state index contributed by atoms with van der Waals surface area (Å²) in [7, 11) is 0. The maximum Gasteiger partial charge on any atom is 0.264 e. The fraction of sp³-hybridized carbons (Fsp3) is 0.333. The summed E-state index contributed by atoms with van der Waals surface area (Å²) in [4.78, 5) is 44.3. The van der Waals surface area contributed by atoms with Crippen molar-refractivity contribution in [1.29, 1.82) is 0 Å². The van der Waals surface area contributed by atoms with Crippen LogP contribution in [-0.4, -0.2) is 88.7 Å². The van der Waals surface area contributed by atoms with Crippen LogP contribution in [0.5, 0.6) is 0 Å². The molecule has 2 aliphatic rings. The second kappa shape index (κ2) is 15.3. The van der Waals surface area contributed by atoms with Gasteiger partial charge in [0.25, 0.3) is 5.91 Å². The maximum absolute atomic E-state index is 14.9. The molecule has 1 amide bonds. The number of H-pyrrole nitrogens is 1. The predicted molar refractivity (Wildman–Crippen MR) is 225 cm³/mol. The third-order valence-corrected chi connectivity index (χ3v) is 13.4.